The summed E-state index contributed by atoms with van der Waals surface area (Å²) in [5.74, 6) is -0.424. The monoisotopic (exact) mass is 288 g/mol. The Bertz CT molecular complexity index is 314. The molecule has 0 saturated carbocycles. The minimum Gasteiger partial charge on any atom is -0.346 e. The molecule has 1 unspecified atom stereocenters. The van der Waals surface area contributed by atoms with Crippen molar-refractivity contribution in [3.05, 3.63) is 11.1 Å². The van der Waals surface area contributed by atoms with Gasteiger partial charge in [0, 0.05) is 6.42 Å². The Morgan fingerprint density at radius 2 is 1.88 bits per heavy atom. The summed E-state index contributed by atoms with van der Waals surface area (Å²) < 4.78 is 11.8. The molecule has 2 aliphatic rings. The van der Waals surface area contributed by atoms with E-state index in [-0.39, 0.29) is 10.2 Å². The maximum atomic E-state index is 5.89. The molecule has 1 fully saturated rings. The maximum Gasteiger partial charge on any atom is 0.185 e. The van der Waals surface area contributed by atoms with Gasteiger partial charge in [-0.25, -0.2) is 0 Å². The lowest BCUT2D eigenvalue weighted by Gasteiger charge is -2.46. The Hall–Kier alpha value is 0.140. The molecule has 1 aliphatic heterocycles. The zero-order chi connectivity index (χ0) is 12.0. The van der Waals surface area contributed by atoms with Crippen LogP contribution in [0.4, 0.5) is 0 Å². The molecule has 0 aromatic rings. The van der Waals surface area contributed by atoms with Gasteiger partial charge in [0.1, 0.15) is 0 Å². The number of hydrogen-bond donors (Lipinski definition) is 0. The van der Waals surface area contributed by atoms with E-state index in [1.807, 2.05) is 0 Å². The summed E-state index contributed by atoms with van der Waals surface area (Å²) in [5.41, 5.74) is 3.10. The van der Waals surface area contributed by atoms with E-state index in [2.05, 4.69) is 43.6 Å². The number of rotatable bonds is 1. The van der Waals surface area contributed by atoms with Gasteiger partial charge in [-0.3, -0.25) is 0 Å². The lowest BCUT2D eigenvalue weighted by molar-refractivity contribution is -0.173. The summed E-state index contributed by atoms with van der Waals surface area (Å²) in [7, 11) is 0. The van der Waals surface area contributed by atoms with E-state index in [9.17, 15) is 0 Å². The molecule has 1 atom stereocenters. The minimum atomic E-state index is -0.424. The summed E-state index contributed by atoms with van der Waals surface area (Å²) in [6.45, 7) is 10.4. The van der Waals surface area contributed by atoms with E-state index in [1.54, 1.807) is 5.57 Å². The summed E-state index contributed by atoms with van der Waals surface area (Å²) in [5, 5.41) is 0. The smallest absolute Gasteiger partial charge is 0.185 e. The van der Waals surface area contributed by atoms with Crippen LogP contribution in [0.1, 0.15) is 40.5 Å². The molecule has 0 aromatic heterocycles. The van der Waals surface area contributed by atoms with E-state index < -0.39 is 5.79 Å². The first-order valence-electron chi connectivity index (χ1n) is 6.05. The van der Waals surface area contributed by atoms with Crippen LogP contribution in [0, 0.1) is 5.41 Å². The molecular weight excluding hydrogens is 268 g/mol. The Kier molecular flexibility index (Phi) is 3.23. The van der Waals surface area contributed by atoms with Crippen LogP contribution < -0.4 is 0 Å². The summed E-state index contributed by atoms with van der Waals surface area (Å²) in [6, 6.07) is 0. The fourth-order valence-electron chi connectivity index (χ4n) is 3.31. The molecule has 2 rings (SSSR count). The second kappa shape index (κ2) is 4.11. The van der Waals surface area contributed by atoms with Crippen molar-refractivity contribution >= 4 is 15.9 Å². The zero-order valence-electron chi connectivity index (χ0n) is 10.6. The molecule has 16 heavy (non-hydrogen) atoms. The highest BCUT2D eigenvalue weighted by molar-refractivity contribution is 9.09. The van der Waals surface area contributed by atoms with Crippen LogP contribution in [-0.4, -0.2) is 23.8 Å². The number of hydrogen-bond acceptors (Lipinski definition) is 2. The van der Waals surface area contributed by atoms with Crippen molar-refractivity contribution < 1.29 is 9.47 Å². The third-order valence-electron chi connectivity index (χ3n) is 3.88. The average Bonchev–Trinajstić information content (AvgIpc) is 2.64. The van der Waals surface area contributed by atoms with Crippen molar-refractivity contribution in [3.63, 3.8) is 0 Å². The molecule has 0 amide bonds. The first-order valence-corrected chi connectivity index (χ1v) is 6.96. The van der Waals surface area contributed by atoms with Crippen LogP contribution in [0.15, 0.2) is 11.1 Å². The van der Waals surface area contributed by atoms with Gasteiger partial charge in [-0.2, -0.15) is 0 Å². The van der Waals surface area contributed by atoms with Crippen LogP contribution in [0.2, 0.25) is 0 Å². The third kappa shape index (κ3) is 1.77. The molecule has 92 valence electrons. The van der Waals surface area contributed by atoms with Crippen LogP contribution >= 0.6 is 15.9 Å². The van der Waals surface area contributed by atoms with Gasteiger partial charge in [0.2, 0.25) is 0 Å². The molecular formula is C13H21BrO2. The Labute approximate surface area is 107 Å². The predicted octanol–water partition coefficient (Wildman–Crippen LogP) is 3.65. The molecule has 0 radical (unpaired) electrons. The largest absolute Gasteiger partial charge is 0.346 e. The second-order valence-electron chi connectivity index (χ2n) is 5.45. The molecule has 0 bridgehead atoms. The lowest BCUT2D eigenvalue weighted by Crippen LogP contribution is -2.49. The number of alkyl halides is 1. The van der Waals surface area contributed by atoms with Crippen molar-refractivity contribution in [1.29, 1.82) is 0 Å². The third-order valence-corrected chi connectivity index (χ3v) is 5.26. The SMILES string of the molecule is CCC1=C(C)C(Br)C2(CC1(C)C)OCCO2. The standard InChI is InChI=1S/C13H21BrO2/c1-5-10-9(2)11(14)13(8-12(10,3)4)15-6-7-16-13/h11H,5-8H2,1-4H3. The van der Waals surface area contributed by atoms with Crippen molar-refractivity contribution in [2.24, 2.45) is 5.41 Å². The molecule has 2 nitrogen and oxygen atoms in total. The second-order valence-corrected chi connectivity index (χ2v) is 6.36. The number of ether oxygens (including phenoxy) is 2. The van der Waals surface area contributed by atoms with Crippen LogP contribution in [0.25, 0.3) is 0 Å². The van der Waals surface area contributed by atoms with Gasteiger partial charge < -0.3 is 9.47 Å². The summed E-state index contributed by atoms with van der Waals surface area (Å²) >= 11 is 3.76. The van der Waals surface area contributed by atoms with E-state index >= 15 is 0 Å². The molecule has 3 heteroatoms. The van der Waals surface area contributed by atoms with Crippen molar-refractivity contribution in [1.82, 2.24) is 0 Å². The first kappa shape index (κ1) is 12.6. The Balaban J connectivity index is 2.42. The van der Waals surface area contributed by atoms with Crippen LogP contribution in [-0.2, 0) is 9.47 Å². The van der Waals surface area contributed by atoms with Gasteiger partial charge >= 0.3 is 0 Å². The Morgan fingerprint density at radius 3 is 2.38 bits per heavy atom. The van der Waals surface area contributed by atoms with Gasteiger partial charge in [-0.1, -0.05) is 47.8 Å². The first-order chi connectivity index (χ1) is 7.43. The molecule has 0 aromatic carbocycles. The topological polar surface area (TPSA) is 18.5 Å². The number of halogens is 1. The quantitative estimate of drug-likeness (QED) is 0.542. The van der Waals surface area contributed by atoms with Crippen molar-refractivity contribution in [3.8, 4) is 0 Å². The van der Waals surface area contributed by atoms with E-state index in [1.165, 1.54) is 5.57 Å². The normalized spacial score (nSPS) is 32.4. The Morgan fingerprint density at radius 1 is 1.31 bits per heavy atom. The van der Waals surface area contributed by atoms with Gasteiger partial charge in [-0.15, -0.1) is 0 Å². The summed E-state index contributed by atoms with van der Waals surface area (Å²) in [4.78, 5) is 0.200. The van der Waals surface area contributed by atoms with E-state index in [4.69, 9.17) is 9.47 Å². The lowest BCUT2D eigenvalue weighted by atomic mass is 9.69. The van der Waals surface area contributed by atoms with E-state index in [0.717, 1.165) is 12.8 Å². The van der Waals surface area contributed by atoms with Gasteiger partial charge in [0.05, 0.1) is 18.0 Å². The molecule has 1 aliphatic carbocycles. The summed E-state index contributed by atoms with van der Waals surface area (Å²) in [6.07, 6.45) is 2.05. The predicted molar refractivity (Wildman–Crippen MR) is 68.7 cm³/mol. The highest BCUT2D eigenvalue weighted by Crippen LogP contribution is 2.51. The molecule has 0 N–H and O–H groups in total. The molecule has 1 spiro atoms. The molecule has 1 heterocycles. The van der Waals surface area contributed by atoms with Crippen LogP contribution in [0.3, 0.4) is 0 Å². The van der Waals surface area contributed by atoms with Gasteiger partial charge in [0.15, 0.2) is 5.79 Å². The maximum absolute atomic E-state index is 5.89. The van der Waals surface area contributed by atoms with Gasteiger partial charge in [-0.05, 0) is 18.8 Å². The molecule has 1 saturated heterocycles. The van der Waals surface area contributed by atoms with Crippen LogP contribution in [0.5, 0.6) is 0 Å². The fraction of sp³-hybridized carbons (Fsp3) is 0.846. The van der Waals surface area contributed by atoms with Crippen molar-refractivity contribution in [2.45, 2.75) is 51.2 Å². The highest BCUT2D eigenvalue weighted by atomic mass is 79.9. The average molecular weight is 289 g/mol. The fourth-order valence-corrected chi connectivity index (χ4v) is 4.01. The van der Waals surface area contributed by atoms with E-state index in [0.29, 0.717) is 13.2 Å². The van der Waals surface area contributed by atoms with Gasteiger partial charge in [0.25, 0.3) is 0 Å². The minimum absolute atomic E-state index is 0.174. The highest BCUT2D eigenvalue weighted by Gasteiger charge is 2.52. The number of allylic oxidation sites excluding steroid dienone is 1. The zero-order valence-corrected chi connectivity index (χ0v) is 12.2. The van der Waals surface area contributed by atoms with Crippen molar-refractivity contribution in [2.75, 3.05) is 13.2 Å².